The van der Waals surface area contributed by atoms with E-state index in [-0.39, 0.29) is 5.69 Å². The standard InChI is InChI=1S/C12H9BrN2O3S/c1-18-10-4-2-3-5-11(10)19-12-9(15(16)17)6-8(13)7-14-12/h2-7H,1H3. The summed E-state index contributed by atoms with van der Waals surface area (Å²) in [5.41, 5.74) is -0.0368. The van der Waals surface area contributed by atoms with E-state index in [4.69, 9.17) is 4.74 Å². The molecule has 7 heteroatoms. The van der Waals surface area contributed by atoms with Crippen molar-refractivity contribution in [2.24, 2.45) is 0 Å². The predicted molar refractivity (Wildman–Crippen MR) is 75.7 cm³/mol. The number of ether oxygens (including phenoxy) is 1. The average Bonchev–Trinajstić information content (AvgIpc) is 2.41. The molecule has 0 bridgehead atoms. The van der Waals surface area contributed by atoms with Gasteiger partial charge in [0.25, 0.3) is 0 Å². The first kappa shape index (κ1) is 13.8. The maximum Gasteiger partial charge on any atom is 0.302 e. The zero-order valence-corrected chi connectivity index (χ0v) is 12.3. The van der Waals surface area contributed by atoms with Crippen molar-refractivity contribution in [2.75, 3.05) is 7.11 Å². The number of nitro groups is 1. The summed E-state index contributed by atoms with van der Waals surface area (Å²) in [7, 11) is 1.56. The minimum atomic E-state index is -0.449. The first-order valence-electron chi connectivity index (χ1n) is 5.22. The molecule has 0 amide bonds. The molecule has 0 spiro atoms. The van der Waals surface area contributed by atoms with Crippen LogP contribution in [0.2, 0.25) is 0 Å². The molecule has 0 atom stereocenters. The molecule has 0 fully saturated rings. The van der Waals surface area contributed by atoms with Crippen LogP contribution in [0, 0.1) is 10.1 Å². The molecule has 0 N–H and O–H groups in total. The summed E-state index contributed by atoms with van der Waals surface area (Å²) >= 11 is 4.38. The molecule has 0 saturated heterocycles. The number of nitrogens with zero attached hydrogens (tertiary/aromatic N) is 2. The summed E-state index contributed by atoms with van der Waals surface area (Å²) in [5, 5.41) is 11.4. The smallest absolute Gasteiger partial charge is 0.302 e. The Hall–Kier alpha value is -1.60. The number of hydrogen-bond donors (Lipinski definition) is 0. The lowest BCUT2D eigenvalue weighted by Crippen LogP contribution is -1.94. The molecule has 0 radical (unpaired) electrons. The SMILES string of the molecule is COc1ccccc1Sc1ncc(Br)cc1[N+](=O)[O-]. The van der Waals surface area contributed by atoms with Crippen LogP contribution in [0.1, 0.15) is 0 Å². The lowest BCUT2D eigenvalue weighted by Gasteiger charge is -2.07. The van der Waals surface area contributed by atoms with Gasteiger partial charge in [0.1, 0.15) is 5.75 Å². The Bertz CT molecular complexity index is 622. The van der Waals surface area contributed by atoms with Gasteiger partial charge in [-0.2, -0.15) is 0 Å². The molecule has 5 nitrogen and oxygen atoms in total. The van der Waals surface area contributed by atoms with Gasteiger partial charge in [-0.3, -0.25) is 10.1 Å². The van der Waals surface area contributed by atoms with Gasteiger partial charge in [-0.1, -0.05) is 23.9 Å². The summed E-state index contributed by atoms with van der Waals surface area (Å²) in [6.07, 6.45) is 1.53. The summed E-state index contributed by atoms with van der Waals surface area (Å²) < 4.78 is 5.79. The monoisotopic (exact) mass is 340 g/mol. The highest BCUT2D eigenvalue weighted by Crippen LogP contribution is 2.38. The fourth-order valence-corrected chi connectivity index (χ4v) is 2.70. The number of halogens is 1. The minimum absolute atomic E-state index is 0.0368. The fraction of sp³-hybridized carbons (Fsp3) is 0.0833. The van der Waals surface area contributed by atoms with E-state index in [9.17, 15) is 10.1 Å². The Kier molecular flexibility index (Phi) is 4.39. The van der Waals surface area contributed by atoms with E-state index in [0.29, 0.717) is 15.2 Å². The second kappa shape index (κ2) is 6.03. The Morgan fingerprint density at radius 1 is 1.42 bits per heavy atom. The van der Waals surface area contributed by atoms with E-state index in [2.05, 4.69) is 20.9 Å². The van der Waals surface area contributed by atoms with Crippen molar-refractivity contribution in [1.82, 2.24) is 4.98 Å². The van der Waals surface area contributed by atoms with E-state index in [0.717, 1.165) is 4.90 Å². The van der Waals surface area contributed by atoms with Crippen LogP contribution in [0.3, 0.4) is 0 Å². The van der Waals surface area contributed by atoms with Crippen LogP contribution in [0.15, 0.2) is 50.9 Å². The van der Waals surface area contributed by atoms with E-state index in [1.54, 1.807) is 13.2 Å². The Balaban J connectivity index is 2.41. The molecule has 0 aliphatic heterocycles. The molecule has 1 heterocycles. The number of rotatable bonds is 4. The second-order valence-corrected chi connectivity index (χ2v) is 5.43. The van der Waals surface area contributed by atoms with Crippen LogP contribution < -0.4 is 4.74 Å². The molecule has 1 aromatic heterocycles. The lowest BCUT2D eigenvalue weighted by molar-refractivity contribution is -0.388. The van der Waals surface area contributed by atoms with Gasteiger partial charge in [0.05, 0.1) is 16.9 Å². The molecule has 2 aromatic rings. The highest BCUT2D eigenvalue weighted by Gasteiger charge is 2.18. The van der Waals surface area contributed by atoms with Gasteiger partial charge in [-0.05, 0) is 28.1 Å². The van der Waals surface area contributed by atoms with Gasteiger partial charge >= 0.3 is 5.69 Å². The lowest BCUT2D eigenvalue weighted by atomic mass is 10.3. The van der Waals surface area contributed by atoms with E-state index in [1.165, 1.54) is 24.0 Å². The molecule has 0 saturated carbocycles. The molecule has 0 unspecified atom stereocenters. The molecule has 98 valence electrons. The Labute approximate surface area is 122 Å². The topological polar surface area (TPSA) is 65.3 Å². The fourth-order valence-electron chi connectivity index (χ4n) is 1.43. The maximum absolute atomic E-state index is 11.0. The van der Waals surface area contributed by atoms with Gasteiger partial charge in [0.15, 0.2) is 5.03 Å². The number of hydrogen-bond acceptors (Lipinski definition) is 5. The van der Waals surface area contributed by atoms with Crippen LogP contribution in [0.25, 0.3) is 0 Å². The molecule has 0 aliphatic carbocycles. The van der Waals surface area contributed by atoms with Gasteiger partial charge < -0.3 is 4.74 Å². The molecular weight excluding hydrogens is 332 g/mol. The van der Waals surface area contributed by atoms with Gasteiger partial charge in [-0.25, -0.2) is 4.98 Å². The van der Waals surface area contributed by atoms with Crippen molar-refractivity contribution in [3.05, 3.63) is 51.1 Å². The van der Waals surface area contributed by atoms with Crippen molar-refractivity contribution in [3.63, 3.8) is 0 Å². The second-order valence-electron chi connectivity index (χ2n) is 3.49. The number of benzene rings is 1. The van der Waals surface area contributed by atoms with Crippen LogP contribution in [-0.4, -0.2) is 17.0 Å². The largest absolute Gasteiger partial charge is 0.496 e. The van der Waals surface area contributed by atoms with Crippen LogP contribution in [0.5, 0.6) is 5.75 Å². The van der Waals surface area contributed by atoms with Crippen molar-refractivity contribution < 1.29 is 9.66 Å². The normalized spacial score (nSPS) is 10.2. The van der Waals surface area contributed by atoms with E-state index >= 15 is 0 Å². The minimum Gasteiger partial charge on any atom is -0.496 e. The molecular formula is C12H9BrN2O3S. The maximum atomic E-state index is 11.0. The van der Waals surface area contributed by atoms with Gasteiger partial charge in [0.2, 0.25) is 0 Å². The van der Waals surface area contributed by atoms with Crippen molar-refractivity contribution in [3.8, 4) is 5.75 Å². The zero-order valence-electron chi connectivity index (χ0n) is 9.87. The third-order valence-electron chi connectivity index (χ3n) is 2.27. The van der Waals surface area contributed by atoms with Crippen LogP contribution >= 0.6 is 27.7 Å². The predicted octanol–water partition coefficient (Wildman–Crippen LogP) is 3.91. The highest BCUT2D eigenvalue weighted by molar-refractivity contribution is 9.10. The Morgan fingerprint density at radius 2 is 2.16 bits per heavy atom. The first-order chi connectivity index (χ1) is 9.11. The molecule has 1 aromatic carbocycles. The number of aromatic nitrogens is 1. The molecule has 0 aliphatic rings. The summed E-state index contributed by atoms with van der Waals surface area (Å²) in [4.78, 5) is 15.4. The molecule has 19 heavy (non-hydrogen) atoms. The van der Waals surface area contributed by atoms with Crippen molar-refractivity contribution in [1.29, 1.82) is 0 Å². The van der Waals surface area contributed by atoms with Crippen LogP contribution in [0.4, 0.5) is 5.69 Å². The Morgan fingerprint density at radius 3 is 2.84 bits per heavy atom. The first-order valence-corrected chi connectivity index (χ1v) is 6.83. The summed E-state index contributed by atoms with van der Waals surface area (Å²) in [6.45, 7) is 0. The third-order valence-corrected chi connectivity index (χ3v) is 3.77. The summed E-state index contributed by atoms with van der Waals surface area (Å²) in [5.74, 6) is 0.659. The third kappa shape index (κ3) is 3.24. The summed E-state index contributed by atoms with van der Waals surface area (Å²) in [6, 6.07) is 8.75. The van der Waals surface area contributed by atoms with E-state index < -0.39 is 4.92 Å². The van der Waals surface area contributed by atoms with Gasteiger partial charge in [-0.15, -0.1) is 0 Å². The number of para-hydroxylation sites is 1. The van der Waals surface area contributed by atoms with E-state index in [1.807, 2.05) is 18.2 Å². The zero-order chi connectivity index (χ0) is 13.8. The van der Waals surface area contributed by atoms with Gasteiger partial charge in [0, 0.05) is 16.7 Å². The number of methoxy groups -OCH3 is 1. The number of pyridine rings is 1. The molecule has 2 rings (SSSR count). The average molecular weight is 341 g/mol. The van der Waals surface area contributed by atoms with Crippen molar-refractivity contribution in [2.45, 2.75) is 9.92 Å². The van der Waals surface area contributed by atoms with Crippen molar-refractivity contribution >= 4 is 33.4 Å². The highest BCUT2D eigenvalue weighted by atomic mass is 79.9. The van der Waals surface area contributed by atoms with Crippen LogP contribution in [-0.2, 0) is 0 Å². The quantitative estimate of drug-likeness (QED) is 0.623.